The fourth-order valence-corrected chi connectivity index (χ4v) is 3.89. The summed E-state index contributed by atoms with van der Waals surface area (Å²) in [5, 5.41) is 13.2. The van der Waals surface area contributed by atoms with Crippen molar-refractivity contribution in [3.63, 3.8) is 0 Å². The number of nitrogens with zero attached hydrogens (tertiary/aromatic N) is 4. The summed E-state index contributed by atoms with van der Waals surface area (Å²) in [5.74, 6) is -0.928. The van der Waals surface area contributed by atoms with E-state index in [4.69, 9.17) is 5.11 Å². The third-order valence-corrected chi connectivity index (χ3v) is 5.53. The quantitative estimate of drug-likeness (QED) is 0.527. The summed E-state index contributed by atoms with van der Waals surface area (Å²) in [6, 6.07) is 0.546. The van der Waals surface area contributed by atoms with Gasteiger partial charge in [0.15, 0.2) is 5.67 Å². The van der Waals surface area contributed by atoms with Gasteiger partial charge in [-0.05, 0) is 6.07 Å². The van der Waals surface area contributed by atoms with Crippen molar-refractivity contribution in [1.82, 2.24) is 19.7 Å². The standard InChI is InChI=1S/C16H15F5N4O4S/c17-12(18)8-5-9(13(19)20)25(23-8)6-11(26)24-3-1-16(21,2-4-24)14-22-10(7-30-14)29-15(27)28/h5,7,12-13H,1-4,6H2,(H,27,28). The minimum atomic E-state index is -3.09. The number of aromatic nitrogens is 3. The Kier molecular flexibility index (Phi) is 6.24. The molecule has 0 aromatic carbocycles. The zero-order chi connectivity index (χ0) is 22.1. The number of carbonyl (C=O) groups excluding carboxylic acids is 1. The maximum absolute atomic E-state index is 15.2. The first-order chi connectivity index (χ1) is 14.1. The highest BCUT2D eigenvalue weighted by Crippen LogP contribution is 2.39. The summed E-state index contributed by atoms with van der Waals surface area (Å²) in [4.78, 5) is 27.9. The Morgan fingerprint density at radius 1 is 1.23 bits per heavy atom. The number of piperidine rings is 1. The molecule has 8 nitrogen and oxygen atoms in total. The van der Waals surface area contributed by atoms with Crippen LogP contribution in [0.2, 0.25) is 0 Å². The molecule has 1 N–H and O–H groups in total. The van der Waals surface area contributed by atoms with Crippen LogP contribution < -0.4 is 4.74 Å². The Morgan fingerprint density at radius 3 is 2.47 bits per heavy atom. The predicted octanol–water partition coefficient (Wildman–Crippen LogP) is 3.76. The number of hydrogen-bond acceptors (Lipinski definition) is 6. The molecule has 30 heavy (non-hydrogen) atoms. The third-order valence-electron chi connectivity index (χ3n) is 4.53. The van der Waals surface area contributed by atoms with Crippen molar-refractivity contribution in [2.75, 3.05) is 13.1 Å². The minimum Gasteiger partial charge on any atom is -0.449 e. The normalized spacial score (nSPS) is 16.3. The van der Waals surface area contributed by atoms with E-state index >= 15 is 4.39 Å². The van der Waals surface area contributed by atoms with Gasteiger partial charge in [0.25, 0.3) is 12.9 Å². The molecule has 0 saturated carbocycles. The summed E-state index contributed by atoms with van der Waals surface area (Å²) in [6.07, 6.45) is -8.07. The lowest BCUT2D eigenvalue weighted by Crippen LogP contribution is -2.44. The maximum Gasteiger partial charge on any atom is 0.512 e. The molecular formula is C16H15F5N4O4S. The van der Waals surface area contributed by atoms with Gasteiger partial charge in [0.2, 0.25) is 11.8 Å². The number of alkyl halides is 5. The second-order valence-corrected chi connectivity index (χ2v) is 7.32. The number of rotatable bonds is 6. The van der Waals surface area contributed by atoms with Crippen LogP contribution in [0.5, 0.6) is 5.88 Å². The monoisotopic (exact) mass is 454 g/mol. The van der Waals surface area contributed by atoms with Crippen molar-refractivity contribution in [3.05, 3.63) is 27.8 Å². The van der Waals surface area contributed by atoms with Gasteiger partial charge < -0.3 is 14.7 Å². The van der Waals surface area contributed by atoms with Crippen LogP contribution in [-0.2, 0) is 17.0 Å². The molecule has 0 atom stereocenters. The number of likely N-dealkylation sites (tertiary alicyclic amines) is 1. The van der Waals surface area contributed by atoms with E-state index < -0.39 is 48.5 Å². The van der Waals surface area contributed by atoms with Crippen molar-refractivity contribution in [3.8, 4) is 5.88 Å². The van der Waals surface area contributed by atoms with Gasteiger partial charge in [-0.2, -0.15) is 5.10 Å². The van der Waals surface area contributed by atoms with Gasteiger partial charge in [-0.1, -0.05) is 0 Å². The molecule has 0 radical (unpaired) electrons. The molecule has 1 aliphatic rings. The van der Waals surface area contributed by atoms with E-state index in [0.717, 1.165) is 11.3 Å². The number of carbonyl (C=O) groups is 2. The first-order valence-corrected chi connectivity index (χ1v) is 9.44. The lowest BCUT2D eigenvalue weighted by Gasteiger charge is -2.35. The molecule has 1 aliphatic heterocycles. The Labute approximate surface area is 169 Å². The minimum absolute atomic E-state index is 0.000475. The Balaban J connectivity index is 1.64. The highest BCUT2D eigenvalue weighted by Gasteiger charge is 2.40. The summed E-state index contributed by atoms with van der Waals surface area (Å²) < 4.78 is 71.6. The van der Waals surface area contributed by atoms with Gasteiger partial charge in [0.05, 0.1) is 5.38 Å². The van der Waals surface area contributed by atoms with Crippen molar-refractivity contribution in [1.29, 1.82) is 0 Å². The highest BCUT2D eigenvalue weighted by atomic mass is 32.1. The second kappa shape index (κ2) is 8.53. The van der Waals surface area contributed by atoms with Crippen molar-refractivity contribution < 1.29 is 41.4 Å². The molecule has 2 aromatic heterocycles. The van der Waals surface area contributed by atoms with Crippen LogP contribution in [0.4, 0.5) is 26.7 Å². The highest BCUT2D eigenvalue weighted by molar-refractivity contribution is 7.10. The van der Waals surface area contributed by atoms with E-state index in [2.05, 4.69) is 14.8 Å². The zero-order valence-corrected chi connectivity index (χ0v) is 15.9. The molecule has 2 aromatic rings. The molecule has 3 heterocycles. The summed E-state index contributed by atoms with van der Waals surface area (Å²) in [5.41, 5.74) is -3.57. The van der Waals surface area contributed by atoms with Gasteiger partial charge >= 0.3 is 6.16 Å². The van der Waals surface area contributed by atoms with Crippen molar-refractivity contribution in [2.24, 2.45) is 0 Å². The van der Waals surface area contributed by atoms with Gasteiger partial charge in [-0.15, -0.1) is 11.3 Å². The van der Waals surface area contributed by atoms with E-state index in [-0.39, 0.29) is 36.8 Å². The summed E-state index contributed by atoms with van der Waals surface area (Å²) in [6.45, 7) is -0.826. The molecule has 1 fully saturated rings. The molecule has 164 valence electrons. The average molecular weight is 454 g/mol. The number of halogens is 5. The van der Waals surface area contributed by atoms with Crippen LogP contribution in [0.1, 0.15) is 42.1 Å². The fraction of sp³-hybridized carbons (Fsp3) is 0.500. The Hall–Kier alpha value is -2.77. The van der Waals surface area contributed by atoms with Crippen LogP contribution >= 0.6 is 11.3 Å². The van der Waals surface area contributed by atoms with E-state index in [0.29, 0.717) is 10.7 Å². The molecular weight excluding hydrogens is 439 g/mol. The zero-order valence-electron chi connectivity index (χ0n) is 15.1. The molecule has 14 heteroatoms. The molecule has 0 aliphatic carbocycles. The molecule has 1 saturated heterocycles. The maximum atomic E-state index is 15.2. The Morgan fingerprint density at radius 2 is 1.90 bits per heavy atom. The number of thiazole rings is 1. The second-order valence-electron chi connectivity index (χ2n) is 6.46. The van der Waals surface area contributed by atoms with Crippen LogP contribution in [0.15, 0.2) is 11.4 Å². The molecule has 1 amide bonds. The Bertz CT molecular complexity index is 927. The van der Waals surface area contributed by atoms with Crippen LogP contribution in [0.25, 0.3) is 0 Å². The average Bonchev–Trinajstić information content (AvgIpc) is 3.29. The molecule has 0 spiro atoms. The van der Waals surface area contributed by atoms with E-state index in [1.165, 1.54) is 10.3 Å². The van der Waals surface area contributed by atoms with Crippen LogP contribution in [0.3, 0.4) is 0 Å². The number of carboxylic acid groups (broad SMARTS) is 1. The summed E-state index contributed by atoms with van der Waals surface area (Å²) >= 11 is 0.873. The van der Waals surface area contributed by atoms with Gasteiger partial charge in [0.1, 0.15) is 22.9 Å². The van der Waals surface area contributed by atoms with E-state index in [9.17, 15) is 27.2 Å². The molecule has 0 bridgehead atoms. The van der Waals surface area contributed by atoms with Crippen LogP contribution in [0, 0.1) is 0 Å². The van der Waals surface area contributed by atoms with Crippen LogP contribution in [-0.4, -0.2) is 49.9 Å². The van der Waals surface area contributed by atoms with Gasteiger partial charge in [-0.25, -0.2) is 31.7 Å². The lowest BCUT2D eigenvalue weighted by molar-refractivity contribution is -0.135. The SMILES string of the molecule is O=C(O)Oc1csc(C2(F)CCN(C(=O)Cn3nc(C(F)F)cc3C(F)F)CC2)n1. The first-order valence-electron chi connectivity index (χ1n) is 8.56. The topological polar surface area (TPSA) is 97.6 Å². The first kappa shape index (κ1) is 21.9. The molecule has 0 unspecified atom stereocenters. The molecule has 3 rings (SSSR count). The van der Waals surface area contributed by atoms with Gasteiger partial charge in [0, 0.05) is 25.9 Å². The summed E-state index contributed by atoms with van der Waals surface area (Å²) in [7, 11) is 0. The van der Waals surface area contributed by atoms with E-state index in [1.54, 1.807) is 0 Å². The van der Waals surface area contributed by atoms with Crippen molar-refractivity contribution >= 4 is 23.4 Å². The van der Waals surface area contributed by atoms with Gasteiger partial charge in [-0.3, -0.25) is 9.48 Å². The number of hydrogen-bond donors (Lipinski definition) is 1. The lowest BCUT2D eigenvalue weighted by atomic mass is 9.94. The number of amides is 1. The third kappa shape index (κ3) is 4.68. The largest absolute Gasteiger partial charge is 0.512 e. The number of ether oxygens (including phenoxy) is 1. The fourth-order valence-electron chi connectivity index (χ4n) is 3.01. The smallest absolute Gasteiger partial charge is 0.449 e. The van der Waals surface area contributed by atoms with Crippen molar-refractivity contribution in [2.45, 2.75) is 37.9 Å². The predicted molar refractivity (Wildman–Crippen MR) is 91.5 cm³/mol. The van der Waals surface area contributed by atoms with E-state index in [1.807, 2.05) is 0 Å².